The number of halogens is 1. The number of H-pyrrole nitrogens is 1. The highest BCUT2D eigenvalue weighted by atomic mass is 19.1. The molecule has 0 spiro atoms. The summed E-state index contributed by atoms with van der Waals surface area (Å²) in [4.78, 5) is 11.1. The van der Waals surface area contributed by atoms with Crippen molar-refractivity contribution in [2.75, 3.05) is 25.2 Å². The average molecular weight is 439 g/mol. The van der Waals surface area contributed by atoms with Crippen LogP contribution in [-0.4, -0.2) is 69.8 Å². The fraction of sp³-hybridized carbons (Fsp3) is 0.435. The van der Waals surface area contributed by atoms with Gasteiger partial charge in [-0.25, -0.2) is 9.37 Å². The lowest BCUT2D eigenvalue weighted by atomic mass is 9.96. The van der Waals surface area contributed by atoms with Gasteiger partial charge in [0.2, 0.25) is 0 Å². The number of aromatic nitrogens is 4. The summed E-state index contributed by atoms with van der Waals surface area (Å²) in [6, 6.07) is 5.39. The first-order chi connectivity index (χ1) is 15.6. The summed E-state index contributed by atoms with van der Waals surface area (Å²) >= 11 is 0. The second-order valence-electron chi connectivity index (χ2n) is 8.46. The van der Waals surface area contributed by atoms with E-state index in [1.807, 2.05) is 17.0 Å². The molecule has 8 nitrogen and oxygen atoms in total. The summed E-state index contributed by atoms with van der Waals surface area (Å²) in [5.74, 6) is 0.731. The third kappa shape index (κ3) is 3.93. The van der Waals surface area contributed by atoms with E-state index in [4.69, 9.17) is 4.74 Å². The zero-order valence-electron chi connectivity index (χ0n) is 17.9. The topological polar surface area (TPSA) is 99.2 Å². The van der Waals surface area contributed by atoms with E-state index in [1.165, 1.54) is 0 Å². The van der Waals surface area contributed by atoms with Crippen LogP contribution in [0.1, 0.15) is 19.3 Å². The van der Waals surface area contributed by atoms with Gasteiger partial charge < -0.3 is 20.1 Å². The third-order valence-electron chi connectivity index (χ3n) is 6.53. The van der Waals surface area contributed by atoms with Crippen LogP contribution in [0.5, 0.6) is 5.75 Å². The number of methoxy groups -OCH3 is 1. The second-order valence-corrected chi connectivity index (χ2v) is 8.46. The van der Waals surface area contributed by atoms with Gasteiger partial charge in [0.25, 0.3) is 0 Å². The van der Waals surface area contributed by atoms with E-state index in [2.05, 4.69) is 25.5 Å². The quantitative estimate of drug-likeness (QED) is 0.522. The smallest absolute Gasteiger partial charge is 0.147 e. The van der Waals surface area contributed by atoms with Gasteiger partial charge in [-0.2, -0.15) is 5.10 Å². The number of hydrogen-bond acceptors (Lipinski definition) is 7. The molecule has 0 saturated carbocycles. The zero-order chi connectivity index (χ0) is 22.1. The molecule has 5 rings (SSSR count). The molecule has 2 aliphatic rings. The van der Waals surface area contributed by atoms with Crippen molar-refractivity contribution in [1.29, 1.82) is 0 Å². The maximum absolute atomic E-state index is 15.2. The van der Waals surface area contributed by atoms with Crippen molar-refractivity contribution in [3.63, 3.8) is 0 Å². The third-order valence-corrected chi connectivity index (χ3v) is 6.53. The van der Waals surface area contributed by atoms with Crippen LogP contribution >= 0.6 is 0 Å². The molecule has 0 unspecified atom stereocenters. The SMILES string of the molecule is COCCN(c1cnc(-c2ccc(-c3cn[nH]c3)cc2O)cn1)[C@@H]1C[C@H]2CC[C@H](N2)[C@@H]1F. The van der Waals surface area contributed by atoms with Gasteiger partial charge in [0.1, 0.15) is 17.7 Å². The Morgan fingerprint density at radius 2 is 2.09 bits per heavy atom. The largest absolute Gasteiger partial charge is 0.507 e. The molecule has 9 heteroatoms. The predicted molar refractivity (Wildman–Crippen MR) is 119 cm³/mol. The molecule has 4 atom stereocenters. The van der Waals surface area contributed by atoms with Crippen LogP contribution in [0.3, 0.4) is 0 Å². The molecule has 2 saturated heterocycles. The highest BCUT2D eigenvalue weighted by Crippen LogP contribution is 2.35. The van der Waals surface area contributed by atoms with Crippen molar-refractivity contribution in [1.82, 2.24) is 25.5 Å². The monoisotopic (exact) mass is 438 g/mol. The second kappa shape index (κ2) is 8.84. The first-order valence-corrected chi connectivity index (χ1v) is 10.9. The van der Waals surface area contributed by atoms with Gasteiger partial charge in [-0.3, -0.25) is 10.1 Å². The van der Waals surface area contributed by atoms with Crippen molar-refractivity contribution < 1.29 is 14.2 Å². The van der Waals surface area contributed by atoms with E-state index in [-0.39, 0.29) is 17.8 Å². The molecular formula is C23H27FN6O2. The van der Waals surface area contributed by atoms with Crippen LogP contribution < -0.4 is 10.2 Å². The van der Waals surface area contributed by atoms with Crippen molar-refractivity contribution >= 4 is 5.82 Å². The van der Waals surface area contributed by atoms with Gasteiger partial charge in [-0.05, 0) is 37.0 Å². The summed E-state index contributed by atoms with van der Waals surface area (Å²) in [6.45, 7) is 1.02. The number of benzene rings is 1. The number of phenolic OH excluding ortho intramolecular Hbond substituents is 1. The number of hydrogen-bond donors (Lipinski definition) is 3. The van der Waals surface area contributed by atoms with Crippen LogP contribution in [0, 0.1) is 0 Å². The number of ether oxygens (including phenoxy) is 1. The highest BCUT2D eigenvalue weighted by molar-refractivity contribution is 5.73. The molecular weight excluding hydrogens is 411 g/mol. The van der Waals surface area contributed by atoms with Crippen LogP contribution in [0.4, 0.5) is 10.2 Å². The summed E-state index contributed by atoms with van der Waals surface area (Å²) in [7, 11) is 1.64. The number of alkyl halides is 1. The Balaban J connectivity index is 1.39. The van der Waals surface area contributed by atoms with Crippen LogP contribution in [0.25, 0.3) is 22.4 Å². The van der Waals surface area contributed by atoms with E-state index >= 15 is 4.39 Å². The Bertz CT molecular complexity index is 1050. The number of anilines is 1. The maximum Gasteiger partial charge on any atom is 0.147 e. The Hall–Kier alpha value is -3.04. The van der Waals surface area contributed by atoms with Crippen molar-refractivity contribution in [3.05, 3.63) is 43.0 Å². The molecule has 4 heterocycles. The van der Waals surface area contributed by atoms with Gasteiger partial charge >= 0.3 is 0 Å². The Kier molecular flexibility index (Phi) is 5.75. The number of fused-ring (bicyclic) bond motifs is 2. The Morgan fingerprint density at radius 1 is 1.19 bits per heavy atom. The summed E-state index contributed by atoms with van der Waals surface area (Å²) in [5.41, 5.74) is 2.88. The molecule has 3 aromatic rings. The molecule has 2 fully saturated rings. The van der Waals surface area contributed by atoms with E-state index in [9.17, 15) is 5.11 Å². The van der Waals surface area contributed by atoms with Gasteiger partial charge in [-0.15, -0.1) is 0 Å². The van der Waals surface area contributed by atoms with Crippen molar-refractivity contribution in [2.45, 2.75) is 43.6 Å². The summed E-state index contributed by atoms with van der Waals surface area (Å²) in [6.07, 6.45) is 8.41. The fourth-order valence-corrected chi connectivity index (χ4v) is 4.86. The minimum atomic E-state index is -0.966. The molecule has 0 radical (unpaired) electrons. The molecule has 3 N–H and O–H groups in total. The molecule has 0 amide bonds. The Labute approximate surface area is 185 Å². The van der Waals surface area contributed by atoms with Crippen LogP contribution in [0.2, 0.25) is 0 Å². The highest BCUT2D eigenvalue weighted by Gasteiger charge is 2.44. The van der Waals surface area contributed by atoms with Crippen LogP contribution in [0.15, 0.2) is 43.0 Å². The number of aromatic hydroxyl groups is 1. The lowest BCUT2D eigenvalue weighted by molar-refractivity contribution is 0.158. The maximum atomic E-state index is 15.2. The first kappa shape index (κ1) is 20.8. The molecule has 1 aromatic carbocycles. The minimum Gasteiger partial charge on any atom is -0.507 e. The number of nitrogens with one attached hydrogen (secondary N) is 2. The molecule has 0 aliphatic carbocycles. The van der Waals surface area contributed by atoms with E-state index in [0.29, 0.717) is 36.3 Å². The number of rotatable bonds is 7. The fourth-order valence-electron chi connectivity index (χ4n) is 4.86. The summed E-state index contributed by atoms with van der Waals surface area (Å²) in [5, 5.41) is 20.6. The van der Waals surface area contributed by atoms with Gasteiger partial charge in [0, 0.05) is 43.1 Å². The van der Waals surface area contributed by atoms with E-state index in [0.717, 1.165) is 30.4 Å². The lowest BCUT2D eigenvalue weighted by Crippen LogP contribution is -2.57. The molecule has 2 aliphatic heterocycles. The van der Waals surface area contributed by atoms with Crippen LogP contribution in [-0.2, 0) is 4.74 Å². The van der Waals surface area contributed by atoms with Gasteiger partial charge in [0.15, 0.2) is 0 Å². The number of nitrogens with zero attached hydrogens (tertiary/aromatic N) is 4. The van der Waals surface area contributed by atoms with Gasteiger partial charge in [-0.1, -0.05) is 6.07 Å². The minimum absolute atomic E-state index is 0.0956. The van der Waals surface area contributed by atoms with Crippen molar-refractivity contribution in [2.24, 2.45) is 0 Å². The molecule has 168 valence electrons. The molecule has 2 bridgehead atoms. The van der Waals surface area contributed by atoms with E-state index in [1.54, 1.807) is 38.0 Å². The van der Waals surface area contributed by atoms with Gasteiger partial charge in [0.05, 0.1) is 36.9 Å². The van der Waals surface area contributed by atoms with E-state index < -0.39 is 6.17 Å². The molecule has 32 heavy (non-hydrogen) atoms. The standard InChI is InChI=1S/C23H27FN6O2/c1-32-7-6-30(20-9-16-3-5-18(29-16)23(20)24)22-13-25-19(12-26-22)17-4-2-14(8-21(17)31)15-10-27-28-11-15/h2,4,8,10-13,16,18,20,23,29,31H,3,5-7,9H2,1H3,(H,27,28)/t16-,18+,20-,23+/m1/s1. The number of piperidine rings is 1. The number of phenols is 1. The normalized spacial score (nSPS) is 24.6. The molecule has 2 aromatic heterocycles. The predicted octanol–water partition coefficient (Wildman–Crippen LogP) is 2.92. The number of aromatic amines is 1. The summed E-state index contributed by atoms with van der Waals surface area (Å²) < 4.78 is 20.5. The van der Waals surface area contributed by atoms with Crippen molar-refractivity contribution in [3.8, 4) is 28.1 Å². The first-order valence-electron chi connectivity index (χ1n) is 10.9. The zero-order valence-corrected chi connectivity index (χ0v) is 17.9. The average Bonchev–Trinajstić information content (AvgIpc) is 3.49. The lowest BCUT2D eigenvalue weighted by Gasteiger charge is -2.40. The Morgan fingerprint density at radius 3 is 2.81 bits per heavy atom.